The molecule has 4 nitrogen and oxygen atoms in total. The van der Waals surface area contributed by atoms with E-state index in [0.717, 1.165) is 16.9 Å². The first kappa shape index (κ1) is 26.9. The van der Waals surface area contributed by atoms with Crippen LogP contribution in [0.3, 0.4) is 0 Å². The van der Waals surface area contributed by atoms with Gasteiger partial charge in [0, 0.05) is 25.7 Å². The fourth-order valence-electron chi connectivity index (χ4n) is 4.23. The highest BCUT2D eigenvalue weighted by Gasteiger charge is 2.46. The van der Waals surface area contributed by atoms with Gasteiger partial charge in [0.15, 0.2) is 0 Å². The second-order valence-electron chi connectivity index (χ2n) is 9.62. The molecule has 2 aromatic carbocycles. The number of benzene rings is 2. The quantitative estimate of drug-likeness (QED) is 0.414. The fourth-order valence-corrected chi connectivity index (χ4v) is 4.23. The van der Waals surface area contributed by atoms with Gasteiger partial charge in [0.05, 0.1) is 12.4 Å². The van der Waals surface area contributed by atoms with Gasteiger partial charge in [0.2, 0.25) is 0 Å². The van der Waals surface area contributed by atoms with Gasteiger partial charge in [0.1, 0.15) is 17.6 Å². The summed E-state index contributed by atoms with van der Waals surface area (Å²) in [6, 6.07) is 11.9. The molecule has 1 fully saturated rings. The van der Waals surface area contributed by atoms with Crippen LogP contribution in [0.2, 0.25) is 0 Å². The zero-order valence-corrected chi connectivity index (χ0v) is 20.6. The van der Waals surface area contributed by atoms with Gasteiger partial charge in [-0.3, -0.25) is 4.90 Å². The van der Waals surface area contributed by atoms with Crippen molar-refractivity contribution in [2.24, 2.45) is 5.92 Å². The summed E-state index contributed by atoms with van der Waals surface area (Å²) in [7, 11) is 1.51. The van der Waals surface area contributed by atoms with Gasteiger partial charge < -0.3 is 15.0 Å². The minimum absolute atomic E-state index is 0.0518. The Bertz CT molecular complexity index is 944. The molecule has 8 heteroatoms. The van der Waals surface area contributed by atoms with E-state index in [1.807, 2.05) is 29.2 Å². The Balaban J connectivity index is 1.70. The van der Waals surface area contributed by atoms with Gasteiger partial charge in [-0.05, 0) is 61.2 Å². The molecule has 1 aliphatic rings. The van der Waals surface area contributed by atoms with E-state index in [1.54, 1.807) is 12.1 Å². The predicted molar refractivity (Wildman–Crippen MR) is 130 cm³/mol. The summed E-state index contributed by atoms with van der Waals surface area (Å²) < 4.78 is 60.1. The second-order valence-corrected chi connectivity index (χ2v) is 9.62. The molecule has 2 aromatic rings. The van der Waals surface area contributed by atoms with Gasteiger partial charge in [-0.25, -0.2) is 4.39 Å². The maximum atomic E-state index is 13.7. The van der Waals surface area contributed by atoms with Crippen molar-refractivity contribution < 1.29 is 22.3 Å². The minimum Gasteiger partial charge on any atom is -0.493 e. The largest absolute Gasteiger partial charge is 0.493 e. The molecular formula is C27H35F4N3O. The number of nitrogens with zero attached hydrogens (tertiary/aromatic N) is 2. The van der Waals surface area contributed by atoms with E-state index in [0.29, 0.717) is 44.4 Å². The molecule has 1 heterocycles. The Morgan fingerprint density at radius 1 is 1.11 bits per heavy atom. The molecule has 3 rings (SSSR count). The summed E-state index contributed by atoms with van der Waals surface area (Å²) in [5.41, 5.74) is 1.81. The maximum Gasteiger partial charge on any atom is 0.404 e. The molecule has 0 radical (unpaired) electrons. The summed E-state index contributed by atoms with van der Waals surface area (Å²) in [4.78, 5) is 3.25. The van der Waals surface area contributed by atoms with E-state index in [2.05, 4.69) is 25.7 Å². The molecule has 1 N–H and O–H groups in total. The number of hydrogen-bond acceptors (Lipinski definition) is 4. The van der Waals surface area contributed by atoms with E-state index in [-0.39, 0.29) is 18.3 Å². The average Bonchev–Trinajstić information content (AvgIpc) is 2.81. The highest BCUT2D eigenvalue weighted by Crippen LogP contribution is 2.34. The summed E-state index contributed by atoms with van der Waals surface area (Å²) in [5, 5.41) is 3.28. The van der Waals surface area contributed by atoms with Crippen LogP contribution in [0.4, 0.5) is 17.6 Å². The van der Waals surface area contributed by atoms with Crippen LogP contribution in [0.15, 0.2) is 60.9 Å². The van der Waals surface area contributed by atoms with Crippen LogP contribution in [-0.2, 0) is 13.1 Å². The van der Waals surface area contributed by atoms with Crippen molar-refractivity contribution in [1.29, 1.82) is 0 Å². The van der Waals surface area contributed by atoms with Crippen molar-refractivity contribution in [2.45, 2.75) is 58.0 Å². The van der Waals surface area contributed by atoms with Crippen molar-refractivity contribution >= 4 is 0 Å². The van der Waals surface area contributed by atoms with Crippen LogP contribution in [0, 0.1) is 11.7 Å². The molecule has 0 aromatic heterocycles. The molecule has 0 amide bonds. The first-order chi connectivity index (χ1) is 16.5. The molecule has 35 heavy (non-hydrogen) atoms. The minimum atomic E-state index is -4.30. The third kappa shape index (κ3) is 7.88. The van der Waals surface area contributed by atoms with E-state index in [4.69, 9.17) is 4.74 Å². The fraction of sp³-hybridized carbons (Fsp3) is 0.481. The van der Waals surface area contributed by atoms with Crippen LogP contribution in [-0.4, -0.2) is 48.3 Å². The number of rotatable bonds is 10. The number of ether oxygens (including phenoxy) is 1. The molecule has 1 aliphatic heterocycles. The Morgan fingerprint density at radius 3 is 2.34 bits per heavy atom. The smallest absolute Gasteiger partial charge is 0.404 e. The Labute approximate surface area is 205 Å². The van der Waals surface area contributed by atoms with Gasteiger partial charge in [-0.15, -0.1) is 0 Å². The van der Waals surface area contributed by atoms with Gasteiger partial charge in [-0.1, -0.05) is 44.7 Å². The predicted octanol–water partition coefficient (Wildman–Crippen LogP) is 5.95. The lowest BCUT2D eigenvalue weighted by molar-refractivity contribution is -0.192. The monoisotopic (exact) mass is 493 g/mol. The van der Waals surface area contributed by atoms with Crippen molar-refractivity contribution in [1.82, 2.24) is 15.1 Å². The average molecular weight is 494 g/mol. The highest BCUT2D eigenvalue weighted by molar-refractivity contribution is 5.27. The van der Waals surface area contributed by atoms with Crippen molar-refractivity contribution in [3.8, 4) is 5.75 Å². The molecule has 1 saturated heterocycles. The Kier molecular flexibility index (Phi) is 9.05. The number of alkyl halides is 3. The van der Waals surface area contributed by atoms with Crippen molar-refractivity contribution in [2.75, 3.05) is 20.2 Å². The first-order valence-corrected chi connectivity index (χ1v) is 12.0. The highest BCUT2D eigenvalue weighted by atomic mass is 19.4. The number of hydrogen-bond donors (Lipinski definition) is 1. The number of nitrogens with one attached hydrogen (secondary N) is 1. The molecule has 0 bridgehead atoms. The van der Waals surface area contributed by atoms with Crippen LogP contribution in [0.5, 0.6) is 5.75 Å². The first-order valence-electron chi connectivity index (χ1n) is 12.0. The Hall–Kier alpha value is -2.74. The van der Waals surface area contributed by atoms with Crippen LogP contribution in [0.1, 0.15) is 37.8 Å². The third-order valence-corrected chi connectivity index (χ3v) is 6.28. The van der Waals surface area contributed by atoms with Crippen LogP contribution in [0.25, 0.3) is 0 Å². The SMILES string of the molecule is C=C(NCc1ccc(OCC(C)C)cc1)N(Cc1ccc(F)cc1)[C@@H]1CCN(C)[C@@H](C(F)(F)F)C1. The summed E-state index contributed by atoms with van der Waals surface area (Å²) in [6.07, 6.45) is -3.78. The summed E-state index contributed by atoms with van der Waals surface area (Å²) in [5.74, 6) is 1.42. The summed E-state index contributed by atoms with van der Waals surface area (Å²) in [6.45, 7) is 10.1. The number of halogens is 4. The normalized spacial score (nSPS) is 19.0. The molecule has 0 aliphatic carbocycles. The van der Waals surface area contributed by atoms with Gasteiger partial charge >= 0.3 is 6.18 Å². The molecule has 0 unspecified atom stereocenters. The third-order valence-electron chi connectivity index (χ3n) is 6.28. The lowest BCUT2D eigenvalue weighted by atomic mass is 9.95. The van der Waals surface area contributed by atoms with Crippen LogP contribution >= 0.6 is 0 Å². The molecule has 0 spiro atoms. The molecule has 2 atom stereocenters. The lowest BCUT2D eigenvalue weighted by Gasteiger charge is -2.44. The zero-order chi connectivity index (χ0) is 25.6. The van der Waals surface area contributed by atoms with Gasteiger partial charge in [-0.2, -0.15) is 13.2 Å². The van der Waals surface area contributed by atoms with Crippen molar-refractivity contribution in [3.63, 3.8) is 0 Å². The number of piperidine rings is 1. The lowest BCUT2D eigenvalue weighted by Crippen LogP contribution is -2.54. The van der Waals surface area contributed by atoms with E-state index >= 15 is 0 Å². The maximum absolute atomic E-state index is 13.7. The molecule has 192 valence electrons. The standard InChI is InChI=1S/C27H35F4N3O/c1-19(2)18-35-25-11-7-21(8-12-25)16-32-20(3)34(17-22-5-9-23(28)10-6-22)24-13-14-33(4)26(15-24)27(29,30)31/h5-12,19,24,26,32H,3,13-18H2,1-2,4H3/t24-,26-/m1/s1. The number of likely N-dealkylation sites (tertiary alicyclic amines) is 1. The Morgan fingerprint density at radius 2 is 1.74 bits per heavy atom. The summed E-state index contributed by atoms with van der Waals surface area (Å²) >= 11 is 0. The second kappa shape index (κ2) is 11.8. The topological polar surface area (TPSA) is 27.7 Å². The van der Waals surface area contributed by atoms with E-state index in [1.165, 1.54) is 24.1 Å². The van der Waals surface area contributed by atoms with E-state index in [9.17, 15) is 17.6 Å². The zero-order valence-electron chi connectivity index (χ0n) is 20.6. The van der Waals surface area contributed by atoms with Gasteiger partial charge in [0.25, 0.3) is 0 Å². The molecular weight excluding hydrogens is 458 g/mol. The molecule has 0 saturated carbocycles. The van der Waals surface area contributed by atoms with Crippen molar-refractivity contribution in [3.05, 3.63) is 77.9 Å². The van der Waals surface area contributed by atoms with Crippen LogP contribution < -0.4 is 10.1 Å². The van der Waals surface area contributed by atoms with E-state index < -0.39 is 12.2 Å².